The van der Waals surface area contributed by atoms with Crippen LogP contribution in [0.15, 0.2) is 97.2 Å². The van der Waals surface area contributed by atoms with E-state index in [1.165, 1.54) is 283 Å². The maximum atomic E-state index is 13.4. The molecule has 0 aromatic heterocycles. The molecule has 107 heavy (non-hydrogen) atoms. The lowest BCUT2D eigenvalue weighted by Crippen LogP contribution is -2.65. The van der Waals surface area contributed by atoms with Gasteiger partial charge in [0.15, 0.2) is 12.6 Å². The van der Waals surface area contributed by atoms with E-state index in [0.29, 0.717) is 6.42 Å². The Morgan fingerprint density at radius 3 is 0.991 bits per heavy atom. The van der Waals surface area contributed by atoms with E-state index in [2.05, 4.69) is 104 Å². The monoisotopic (exact) mass is 1510 g/mol. The third-order valence-electron chi connectivity index (χ3n) is 21.5. The van der Waals surface area contributed by atoms with Crippen LogP contribution in [0.4, 0.5) is 0 Å². The number of aliphatic hydroxyl groups is 8. The van der Waals surface area contributed by atoms with Crippen molar-refractivity contribution in [2.24, 2.45) is 0 Å². The fourth-order valence-corrected chi connectivity index (χ4v) is 14.5. The van der Waals surface area contributed by atoms with Gasteiger partial charge in [0.2, 0.25) is 5.91 Å². The minimum absolute atomic E-state index is 0.234. The minimum atomic E-state index is -1.79. The largest absolute Gasteiger partial charge is 0.394 e. The molecule has 2 saturated heterocycles. The summed E-state index contributed by atoms with van der Waals surface area (Å²) in [6, 6.07) is -0.920. The molecular weight excluding hydrogens is 1340 g/mol. The van der Waals surface area contributed by atoms with Crippen LogP contribution in [-0.2, 0) is 23.7 Å². The van der Waals surface area contributed by atoms with E-state index in [1.807, 2.05) is 6.08 Å². The van der Waals surface area contributed by atoms with Crippen LogP contribution in [0.5, 0.6) is 0 Å². The van der Waals surface area contributed by atoms with Gasteiger partial charge in [-0.25, -0.2) is 0 Å². The van der Waals surface area contributed by atoms with E-state index >= 15 is 0 Å². The predicted octanol–water partition coefficient (Wildman–Crippen LogP) is 22.0. The molecule has 12 unspecified atom stereocenters. The summed E-state index contributed by atoms with van der Waals surface area (Å²) in [4.78, 5) is 13.4. The number of carbonyl (C=O) groups excluding carboxylic acids is 1. The van der Waals surface area contributed by atoms with Crippen LogP contribution in [0.1, 0.15) is 393 Å². The summed E-state index contributed by atoms with van der Waals surface area (Å²) < 4.78 is 23.0. The van der Waals surface area contributed by atoms with Gasteiger partial charge in [0.05, 0.1) is 32.0 Å². The van der Waals surface area contributed by atoms with Crippen LogP contribution in [0.25, 0.3) is 0 Å². The molecule has 1 amide bonds. The predicted molar refractivity (Wildman–Crippen MR) is 447 cm³/mol. The molecule has 0 saturated carbocycles. The van der Waals surface area contributed by atoms with Crippen LogP contribution in [-0.4, -0.2) is 140 Å². The molecule has 2 heterocycles. The molecule has 0 aromatic carbocycles. The lowest BCUT2D eigenvalue weighted by molar-refractivity contribution is -0.359. The number of unbranched alkanes of at least 4 members (excludes halogenated alkanes) is 49. The number of carbonyl (C=O) groups is 1. The molecule has 0 aromatic rings. The number of amides is 1. The number of hydrogen-bond acceptors (Lipinski definition) is 13. The lowest BCUT2D eigenvalue weighted by Gasteiger charge is -2.46. The Morgan fingerprint density at radius 2 is 0.645 bits per heavy atom. The summed E-state index contributed by atoms with van der Waals surface area (Å²) >= 11 is 0. The molecular formula is C93H167NO13. The number of allylic oxidation sites excluding steroid dienone is 15. The van der Waals surface area contributed by atoms with Crippen molar-refractivity contribution in [1.29, 1.82) is 0 Å². The first-order chi connectivity index (χ1) is 52.6. The van der Waals surface area contributed by atoms with Crippen LogP contribution >= 0.6 is 0 Å². The van der Waals surface area contributed by atoms with Gasteiger partial charge in [-0.15, -0.1) is 0 Å². The highest BCUT2D eigenvalue weighted by Gasteiger charge is 2.51. The van der Waals surface area contributed by atoms with Crippen LogP contribution in [0.3, 0.4) is 0 Å². The Hall–Kier alpha value is -3.09. The Morgan fingerprint density at radius 1 is 0.346 bits per heavy atom. The maximum absolute atomic E-state index is 13.4. The van der Waals surface area contributed by atoms with E-state index in [9.17, 15) is 45.6 Å². The Bertz CT molecular complexity index is 2180. The molecule has 0 spiro atoms. The highest BCUT2D eigenvalue weighted by Crippen LogP contribution is 2.31. The zero-order valence-electron chi connectivity index (χ0n) is 68.6. The van der Waals surface area contributed by atoms with E-state index in [0.717, 1.165) is 83.5 Å². The smallest absolute Gasteiger partial charge is 0.220 e. The zero-order chi connectivity index (χ0) is 77.2. The highest BCUT2D eigenvalue weighted by molar-refractivity contribution is 5.76. The first kappa shape index (κ1) is 100.0. The normalized spacial score (nSPS) is 21.7. The van der Waals surface area contributed by atoms with Gasteiger partial charge in [0, 0.05) is 6.42 Å². The van der Waals surface area contributed by atoms with E-state index < -0.39 is 86.8 Å². The Kier molecular flexibility index (Phi) is 70.6. The molecule has 2 rings (SSSR count). The van der Waals surface area contributed by atoms with Crippen molar-refractivity contribution in [2.45, 2.75) is 466 Å². The third-order valence-corrected chi connectivity index (χ3v) is 21.5. The third kappa shape index (κ3) is 57.6. The van der Waals surface area contributed by atoms with Gasteiger partial charge in [-0.05, 0) is 77.0 Å². The summed E-state index contributed by atoms with van der Waals surface area (Å²) in [6.07, 6.45) is 92.3. The molecule has 0 bridgehead atoms. The molecule has 2 aliphatic heterocycles. The molecule has 9 N–H and O–H groups in total. The number of aliphatic hydroxyl groups excluding tert-OH is 8. The zero-order valence-corrected chi connectivity index (χ0v) is 68.6. The number of rotatable bonds is 76. The molecule has 622 valence electrons. The fraction of sp³-hybridized carbons (Fsp3) is 0.817. The Labute approximate surface area is 655 Å². The first-order valence-electron chi connectivity index (χ1n) is 45.0. The standard InChI is InChI=1S/C93H167NO13/c1-3-5-7-9-11-13-15-17-19-21-23-25-27-29-31-33-35-37-38-39-40-41-42-43-44-45-47-49-51-53-55-57-59-61-63-65-67-69-71-73-75-77-85(98)94-81(80-104-92-90(103)88(101)91(84(79-96)106-92)107-93-89(102)87(100)86(99)83(78-95)105-93)82(97)76-74-72-70-68-66-64-62-60-58-56-54-52-50-48-46-36-34-32-30-28-26-24-22-20-18-16-14-12-10-8-6-4-2/h5,7,11,13,17,19,23,25,29,31,35,37,39-40,74,76,81-84,86-93,95-97,99-103H,3-4,6,8-10,12,14-16,18,20-22,24,26-28,30,32-34,36,38,41-73,75,77-80H2,1-2H3,(H,94,98)/b7-5-,13-11-,19-17-,25-23-,31-29-,37-35-,40-39-,76-74+. The van der Waals surface area contributed by atoms with Crippen LogP contribution in [0.2, 0.25) is 0 Å². The van der Waals surface area contributed by atoms with Crippen molar-refractivity contribution in [1.82, 2.24) is 5.32 Å². The second-order valence-electron chi connectivity index (χ2n) is 31.4. The molecule has 2 aliphatic rings. The van der Waals surface area contributed by atoms with Gasteiger partial charge in [-0.2, -0.15) is 0 Å². The molecule has 0 radical (unpaired) electrons. The van der Waals surface area contributed by atoms with Crippen molar-refractivity contribution >= 4 is 5.91 Å². The molecule has 0 aliphatic carbocycles. The SMILES string of the molecule is CC/C=C\C/C=C\C/C=C\C/C=C\C/C=C\C/C=C\C/C=C\CCCCCCCCCCCCCCCCCCCCCC(=O)NC(COC1OC(CO)C(OC2OC(CO)C(O)C(O)C2O)C(O)C1O)C(O)/C=C/CCCCCCCCCCCCCCCCCCCCCCCCCCCCCCCC. The van der Waals surface area contributed by atoms with Gasteiger partial charge >= 0.3 is 0 Å². The topological polar surface area (TPSA) is 228 Å². The fourth-order valence-electron chi connectivity index (χ4n) is 14.5. The summed E-state index contributed by atoms with van der Waals surface area (Å²) in [5.41, 5.74) is 0. The average molecular weight is 1510 g/mol. The van der Waals surface area contributed by atoms with Crippen LogP contribution < -0.4 is 5.32 Å². The second-order valence-corrected chi connectivity index (χ2v) is 31.4. The van der Waals surface area contributed by atoms with Gasteiger partial charge in [-0.3, -0.25) is 4.79 Å². The van der Waals surface area contributed by atoms with Crippen molar-refractivity contribution in [3.05, 3.63) is 97.2 Å². The van der Waals surface area contributed by atoms with Gasteiger partial charge < -0.3 is 65.1 Å². The molecule has 14 nitrogen and oxygen atoms in total. The minimum Gasteiger partial charge on any atom is -0.394 e. The first-order valence-corrected chi connectivity index (χ1v) is 45.0. The Balaban J connectivity index is 1.57. The van der Waals surface area contributed by atoms with E-state index in [-0.39, 0.29) is 18.9 Å². The number of nitrogens with one attached hydrogen (secondary N) is 1. The van der Waals surface area contributed by atoms with Crippen molar-refractivity contribution in [3.8, 4) is 0 Å². The molecule has 12 atom stereocenters. The second kappa shape index (κ2) is 75.6. The van der Waals surface area contributed by atoms with Crippen LogP contribution in [0, 0.1) is 0 Å². The summed E-state index contributed by atoms with van der Waals surface area (Å²) in [5.74, 6) is -0.234. The van der Waals surface area contributed by atoms with Gasteiger partial charge in [0.1, 0.15) is 48.8 Å². The maximum Gasteiger partial charge on any atom is 0.220 e. The highest BCUT2D eigenvalue weighted by atomic mass is 16.7. The number of ether oxygens (including phenoxy) is 4. The summed E-state index contributed by atoms with van der Waals surface area (Å²) in [6.45, 7) is 2.74. The van der Waals surface area contributed by atoms with E-state index in [1.54, 1.807) is 6.08 Å². The van der Waals surface area contributed by atoms with Crippen molar-refractivity contribution in [2.75, 3.05) is 19.8 Å². The summed E-state index contributed by atoms with van der Waals surface area (Å²) in [7, 11) is 0. The number of hydrogen-bond donors (Lipinski definition) is 9. The average Bonchev–Trinajstić information content (AvgIpc) is 0.789. The van der Waals surface area contributed by atoms with Gasteiger partial charge in [0.25, 0.3) is 0 Å². The lowest BCUT2D eigenvalue weighted by atomic mass is 9.97. The quantitative estimate of drug-likeness (QED) is 0.0204. The van der Waals surface area contributed by atoms with Crippen molar-refractivity contribution in [3.63, 3.8) is 0 Å². The van der Waals surface area contributed by atoms with Gasteiger partial charge in [-0.1, -0.05) is 406 Å². The van der Waals surface area contributed by atoms with E-state index in [4.69, 9.17) is 18.9 Å². The molecule has 14 heteroatoms. The molecule has 2 fully saturated rings. The van der Waals surface area contributed by atoms with Crippen molar-refractivity contribution < 1.29 is 64.6 Å². The summed E-state index contributed by atoms with van der Waals surface area (Å²) in [5, 5.41) is 87.9.